The molecule has 3 nitrogen and oxygen atoms in total. The van der Waals surface area contributed by atoms with E-state index in [9.17, 15) is 4.79 Å². The van der Waals surface area contributed by atoms with Crippen LogP contribution in [0, 0.1) is 0 Å². The fraction of sp³-hybridized carbons (Fsp3) is 0.667. The van der Waals surface area contributed by atoms with Gasteiger partial charge in [0, 0.05) is 7.05 Å². The second kappa shape index (κ2) is 4.27. The third kappa shape index (κ3) is 10.4. The first-order valence-corrected chi connectivity index (χ1v) is 1.18. The minimum Gasteiger partial charge on any atom is -0.465 e. The van der Waals surface area contributed by atoms with E-state index in [4.69, 9.17) is 5.11 Å². The van der Waals surface area contributed by atoms with Crippen LogP contribution in [0.25, 0.3) is 0 Å². The van der Waals surface area contributed by atoms with Gasteiger partial charge in [-0.2, -0.15) is 0 Å². The molecule has 1 amide bonds. The summed E-state index contributed by atoms with van der Waals surface area (Å²) in [5.41, 5.74) is 0. The van der Waals surface area contributed by atoms with E-state index >= 15 is 0 Å². The van der Waals surface area contributed by atoms with E-state index in [1.165, 1.54) is 7.05 Å². The molecular formula is C3H9NO2. The van der Waals surface area contributed by atoms with Gasteiger partial charge in [0.2, 0.25) is 0 Å². The Balaban J connectivity index is 0. The quantitative estimate of drug-likeness (QED) is 0.456. The summed E-state index contributed by atoms with van der Waals surface area (Å²) in [6.07, 6.45) is -0.995. The summed E-state index contributed by atoms with van der Waals surface area (Å²) in [6, 6.07) is 0. The standard InChI is InChI=1S/C2H5NO2.CH4/c1-3-2(4)5;/h3H,1H3,(H,4,5);1H4. The summed E-state index contributed by atoms with van der Waals surface area (Å²) in [5.74, 6) is 0. The van der Waals surface area contributed by atoms with Crippen molar-refractivity contribution in [3.8, 4) is 0 Å². The van der Waals surface area contributed by atoms with Crippen LogP contribution in [0.4, 0.5) is 4.79 Å². The Kier molecular flexibility index (Phi) is 6.40. The van der Waals surface area contributed by atoms with Crippen molar-refractivity contribution in [2.24, 2.45) is 0 Å². The van der Waals surface area contributed by atoms with Gasteiger partial charge in [-0.05, 0) is 0 Å². The van der Waals surface area contributed by atoms with E-state index in [0.29, 0.717) is 0 Å². The maximum absolute atomic E-state index is 9.26. The van der Waals surface area contributed by atoms with Crippen molar-refractivity contribution in [3.05, 3.63) is 0 Å². The van der Waals surface area contributed by atoms with Crippen LogP contribution in [0.3, 0.4) is 0 Å². The summed E-state index contributed by atoms with van der Waals surface area (Å²) in [6.45, 7) is 0. The highest BCUT2D eigenvalue weighted by molar-refractivity contribution is 5.63. The SMILES string of the molecule is C.CNC(=O)O. The molecule has 38 valence electrons. The minimum atomic E-state index is -0.995. The molecule has 2 N–H and O–H groups in total. The van der Waals surface area contributed by atoms with Crippen LogP contribution in [0.15, 0.2) is 0 Å². The molecule has 0 radical (unpaired) electrons. The second-order valence-electron chi connectivity index (χ2n) is 0.555. The van der Waals surface area contributed by atoms with Crippen LogP contribution in [-0.2, 0) is 0 Å². The van der Waals surface area contributed by atoms with Crippen LogP contribution in [-0.4, -0.2) is 18.2 Å². The van der Waals surface area contributed by atoms with Crippen molar-refractivity contribution in [2.45, 2.75) is 7.43 Å². The summed E-state index contributed by atoms with van der Waals surface area (Å²) < 4.78 is 0. The fourth-order valence-corrected chi connectivity index (χ4v) is 0. The Morgan fingerprint density at radius 1 is 1.83 bits per heavy atom. The Hall–Kier alpha value is -0.730. The van der Waals surface area contributed by atoms with Crippen molar-refractivity contribution in [3.63, 3.8) is 0 Å². The van der Waals surface area contributed by atoms with Crippen LogP contribution in [0.5, 0.6) is 0 Å². The van der Waals surface area contributed by atoms with Gasteiger partial charge in [-0.15, -0.1) is 0 Å². The highest BCUT2D eigenvalue weighted by Crippen LogP contribution is 1.45. The number of rotatable bonds is 0. The third-order valence-electron chi connectivity index (χ3n) is 0.214. The van der Waals surface area contributed by atoms with Crippen molar-refractivity contribution >= 4 is 6.09 Å². The predicted octanol–water partition coefficient (Wildman–Crippen LogP) is 0.520. The number of nitrogens with one attached hydrogen (secondary N) is 1. The normalized spacial score (nSPS) is 5.50. The highest BCUT2D eigenvalue weighted by atomic mass is 16.4. The zero-order valence-electron chi connectivity index (χ0n) is 2.86. The maximum atomic E-state index is 9.26. The van der Waals surface area contributed by atoms with Crippen molar-refractivity contribution in [2.75, 3.05) is 7.05 Å². The molecule has 0 heterocycles. The van der Waals surface area contributed by atoms with Gasteiger partial charge in [0.05, 0.1) is 0 Å². The van der Waals surface area contributed by atoms with E-state index in [1.54, 1.807) is 0 Å². The number of hydrogen-bond acceptors (Lipinski definition) is 1. The van der Waals surface area contributed by atoms with Crippen molar-refractivity contribution < 1.29 is 9.90 Å². The lowest BCUT2D eigenvalue weighted by Gasteiger charge is -1.78. The molecule has 0 aromatic heterocycles. The van der Waals surface area contributed by atoms with E-state index in [2.05, 4.69) is 0 Å². The molecular weight excluding hydrogens is 82.0 g/mol. The molecule has 3 heteroatoms. The van der Waals surface area contributed by atoms with Gasteiger partial charge < -0.3 is 10.4 Å². The third-order valence-corrected chi connectivity index (χ3v) is 0.214. The van der Waals surface area contributed by atoms with Crippen LogP contribution in [0.2, 0.25) is 0 Å². The average Bonchev–Trinajstić information content (AvgIpc) is 1.38. The van der Waals surface area contributed by atoms with Crippen molar-refractivity contribution in [1.82, 2.24) is 5.32 Å². The molecule has 6 heavy (non-hydrogen) atoms. The van der Waals surface area contributed by atoms with E-state index < -0.39 is 6.09 Å². The molecule has 0 rings (SSSR count). The maximum Gasteiger partial charge on any atom is 0.404 e. The molecule has 0 spiro atoms. The van der Waals surface area contributed by atoms with Crippen LogP contribution < -0.4 is 5.32 Å². The summed E-state index contributed by atoms with van der Waals surface area (Å²) in [7, 11) is 1.35. The van der Waals surface area contributed by atoms with Gasteiger partial charge in [0.15, 0.2) is 0 Å². The first kappa shape index (κ1) is 8.99. The Labute approximate surface area is 37.0 Å². The minimum absolute atomic E-state index is 0. The smallest absolute Gasteiger partial charge is 0.404 e. The zero-order chi connectivity index (χ0) is 4.28. The van der Waals surface area contributed by atoms with Gasteiger partial charge in [-0.3, -0.25) is 0 Å². The van der Waals surface area contributed by atoms with Crippen LogP contribution in [0.1, 0.15) is 7.43 Å². The number of hydrogen-bond donors (Lipinski definition) is 2. The first-order valence-electron chi connectivity index (χ1n) is 1.18. The average molecular weight is 91.1 g/mol. The van der Waals surface area contributed by atoms with Gasteiger partial charge in [-0.1, -0.05) is 7.43 Å². The number of carboxylic acid groups (broad SMARTS) is 1. The number of amides is 1. The molecule has 0 aromatic rings. The molecule has 0 unspecified atom stereocenters. The molecule has 0 saturated heterocycles. The lowest BCUT2D eigenvalue weighted by atomic mass is 11.1. The number of carbonyl (C=O) groups is 1. The molecule has 0 atom stereocenters. The molecule has 0 aliphatic carbocycles. The monoisotopic (exact) mass is 91.1 g/mol. The van der Waals surface area contributed by atoms with Gasteiger partial charge >= 0.3 is 6.09 Å². The Morgan fingerprint density at radius 3 is 2.00 bits per heavy atom. The fourth-order valence-electron chi connectivity index (χ4n) is 0. The lowest BCUT2D eigenvalue weighted by Crippen LogP contribution is -2.13. The van der Waals surface area contributed by atoms with Crippen molar-refractivity contribution in [1.29, 1.82) is 0 Å². The first-order chi connectivity index (χ1) is 2.27. The van der Waals surface area contributed by atoms with E-state index in [1.807, 2.05) is 5.32 Å². The van der Waals surface area contributed by atoms with E-state index in [-0.39, 0.29) is 7.43 Å². The van der Waals surface area contributed by atoms with Gasteiger partial charge in [0.25, 0.3) is 0 Å². The molecule has 0 saturated carbocycles. The molecule has 0 bridgehead atoms. The molecule has 0 aliphatic heterocycles. The topological polar surface area (TPSA) is 49.3 Å². The van der Waals surface area contributed by atoms with Crippen LogP contribution >= 0.6 is 0 Å². The highest BCUT2D eigenvalue weighted by Gasteiger charge is 1.76. The zero-order valence-corrected chi connectivity index (χ0v) is 2.86. The molecule has 0 aliphatic rings. The summed E-state index contributed by atoms with van der Waals surface area (Å²) >= 11 is 0. The molecule has 0 aromatic carbocycles. The van der Waals surface area contributed by atoms with E-state index in [0.717, 1.165) is 0 Å². The van der Waals surface area contributed by atoms with Gasteiger partial charge in [0.1, 0.15) is 0 Å². The summed E-state index contributed by atoms with van der Waals surface area (Å²) in [5, 5.41) is 9.56. The Morgan fingerprint density at radius 2 is 2.00 bits per heavy atom. The lowest BCUT2D eigenvalue weighted by molar-refractivity contribution is 0.197. The Bertz CT molecular complexity index is 44.1. The largest absolute Gasteiger partial charge is 0.465 e. The second-order valence-corrected chi connectivity index (χ2v) is 0.555. The summed E-state index contributed by atoms with van der Waals surface area (Å²) in [4.78, 5) is 9.26. The predicted molar refractivity (Wildman–Crippen MR) is 23.8 cm³/mol. The van der Waals surface area contributed by atoms with Gasteiger partial charge in [-0.25, -0.2) is 4.79 Å². The molecule has 0 fully saturated rings.